The summed E-state index contributed by atoms with van der Waals surface area (Å²) in [4.78, 5) is 34.3. The minimum absolute atomic E-state index is 0.0349. The maximum Gasteiger partial charge on any atom is 0.248 e. The summed E-state index contributed by atoms with van der Waals surface area (Å²) in [6, 6.07) is 19.4. The predicted octanol–water partition coefficient (Wildman–Crippen LogP) is 3.95. The van der Waals surface area contributed by atoms with Crippen LogP contribution in [0.2, 0.25) is 0 Å². The topological polar surface area (TPSA) is 132 Å². The molecule has 1 aromatic heterocycles. The molecule has 2 heterocycles. The highest BCUT2D eigenvalue weighted by Gasteiger charge is 2.17. The Bertz CT molecular complexity index is 1500. The number of aromatic amines is 1. The first-order chi connectivity index (χ1) is 18.4. The first-order valence-electron chi connectivity index (χ1n) is 12.7. The van der Waals surface area contributed by atoms with Gasteiger partial charge < -0.3 is 25.8 Å². The molecule has 0 unspecified atom stereocenters. The maximum absolute atomic E-state index is 13.0. The summed E-state index contributed by atoms with van der Waals surface area (Å²) in [7, 11) is 0. The van der Waals surface area contributed by atoms with Crippen LogP contribution in [0.5, 0.6) is 5.88 Å². The number of nitrogens with one attached hydrogen (secondary N) is 1. The van der Waals surface area contributed by atoms with Crippen LogP contribution < -0.4 is 5.73 Å². The van der Waals surface area contributed by atoms with Crippen molar-refractivity contribution in [1.82, 2.24) is 9.88 Å². The molecule has 38 heavy (non-hydrogen) atoms. The Balaban J connectivity index is 1.28. The second-order valence-electron chi connectivity index (χ2n) is 9.67. The molecule has 8 nitrogen and oxygen atoms in total. The van der Waals surface area contributed by atoms with Gasteiger partial charge in [0, 0.05) is 53.4 Å². The van der Waals surface area contributed by atoms with Crippen LogP contribution >= 0.6 is 0 Å². The molecular weight excluding hydrogens is 480 g/mol. The van der Waals surface area contributed by atoms with Crippen molar-refractivity contribution in [3.63, 3.8) is 0 Å². The third-order valence-electron chi connectivity index (χ3n) is 7.04. The number of piperidine rings is 1. The summed E-state index contributed by atoms with van der Waals surface area (Å²) >= 11 is 0. The highest BCUT2D eigenvalue weighted by atomic mass is 16.3. The Labute approximate surface area is 220 Å². The van der Waals surface area contributed by atoms with Crippen LogP contribution in [-0.4, -0.2) is 63.7 Å². The van der Waals surface area contributed by atoms with E-state index in [1.165, 1.54) is 11.6 Å². The fourth-order valence-electron chi connectivity index (χ4n) is 4.78. The number of H-pyrrole nitrogens is 1. The Morgan fingerprint density at radius 3 is 2.45 bits per heavy atom. The Morgan fingerprint density at radius 1 is 1.00 bits per heavy atom. The number of benzene rings is 3. The fourth-order valence-corrected chi connectivity index (χ4v) is 4.78. The van der Waals surface area contributed by atoms with Crippen LogP contribution in [0.25, 0.3) is 10.9 Å². The number of fused-ring (bicyclic) bond motifs is 1. The van der Waals surface area contributed by atoms with Crippen molar-refractivity contribution in [3.8, 4) is 5.88 Å². The Hall–Kier alpha value is -4.27. The number of carbonyl (C=O) groups excluding carboxylic acids is 2. The van der Waals surface area contributed by atoms with E-state index < -0.39 is 5.91 Å². The molecule has 5 rings (SSSR count). The summed E-state index contributed by atoms with van der Waals surface area (Å²) < 4.78 is 0. The number of nitrogens with two attached hydrogens (primary N) is 1. The molecule has 3 aromatic carbocycles. The highest BCUT2D eigenvalue weighted by Crippen LogP contribution is 2.28. The van der Waals surface area contributed by atoms with Crippen molar-refractivity contribution in [3.05, 3.63) is 94.5 Å². The smallest absolute Gasteiger partial charge is 0.248 e. The molecule has 0 radical (unpaired) electrons. The molecule has 0 bridgehead atoms. The van der Waals surface area contributed by atoms with Crippen molar-refractivity contribution >= 4 is 34.5 Å². The van der Waals surface area contributed by atoms with E-state index in [0.717, 1.165) is 50.0 Å². The zero-order valence-electron chi connectivity index (χ0n) is 20.9. The first kappa shape index (κ1) is 25.4. The SMILES string of the molecule is NC(=O)c1cccc(C(=O)c2ccc3c(C=Nc4ccc(CCN5CCC(O)CC5)cc4)c(O)[nH]c3c2)c1. The lowest BCUT2D eigenvalue weighted by Gasteiger charge is -2.29. The molecular formula is C30H30N4O4. The van der Waals surface area contributed by atoms with E-state index in [-0.39, 0.29) is 23.3 Å². The van der Waals surface area contributed by atoms with Crippen molar-refractivity contribution in [1.29, 1.82) is 0 Å². The summed E-state index contributed by atoms with van der Waals surface area (Å²) in [5.41, 5.74) is 9.50. The number of carbonyl (C=O) groups is 2. The van der Waals surface area contributed by atoms with Gasteiger partial charge in [0.05, 0.1) is 17.4 Å². The summed E-state index contributed by atoms with van der Waals surface area (Å²) in [6.07, 6.45) is 4.09. The normalized spacial score (nSPS) is 14.9. The number of ketones is 1. The number of hydrogen-bond donors (Lipinski definition) is 4. The van der Waals surface area contributed by atoms with E-state index in [1.54, 1.807) is 42.6 Å². The zero-order chi connectivity index (χ0) is 26.6. The van der Waals surface area contributed by atoms with Crippen LogP contribution in [0.15, 0.2) is 71.7 Å². The number of aliphatic hydroxyl groups is 1. The van der Waals surface area contributed by atoms with Crippen LogP contribution in [-0.2, 0) is 6.42 Å². The number of nitrogens with zero attached hydrogens (tertiary/aromatic N) is 2. The van der Waals surface area contributed by atoms with Gasteiger partial charge in [-0.05, 0) is 55.2 Å². The minimum Gasteiger partial charge on any atom is -0.494 e. The predicted molar refractivity (Wildman–Crippen MR) is 147 cm³/mol. The van der Waals surface area contributed by atoms with Crippen LogP contribution in [0, 0.1) is 0 Å². The summed E-state index contributed by atoms with van der Waals surface area (Å²) in [5.74, 6) is -0.883. The summed E-state index contributed by atoms with van der Waals surface area (Å²) in [6.45, 7) is 2.85. The number of aromatic hydroxyl groups is 1. The molecule has 1 fully saturated rings. The van der Waals surface area contributed by atoms with E-state index in [0.29, 0.717) is 22.2 Å². The molecule has 1 saturated heterocycles. The van der Waals surface area contributed by atoms with Gasteiger partial charge in [-0.2, -0.15) is 0 Å². The van der Waals surface area contributed by atoms with Gasteiger partial charge in [0.1, 0.15) is 0 Å². The average Bonchev–Trinajstić information content (AvgIpc) is 3.25. The molecule has 0 aliphatic carbocycles. The van der Waals surface area contributed by atoms with Crippen LogP contribution in [0.3, 0.4) is 0 Å². The van der Waals surface area contributed by atoms with Gasteiger partial charge in [-0.25, -0.2) is 0 Å². The molecule has 0 spiro atoms. The van der Waals surface area contributed by atoms with Gasteiger partial charge in [0.2, 0.25) is 5.91 Å². The standard InChI is InChI=1S/C30H30N4O4/c31-29(37)22-3-1-2-20(16-22)28(36)21-6-9-25-26(30(38)33-27(25)17-21)18-32-23-7-4-19(5-8-23)10-13-34-14-11-24(35)12-15-34/h1-9,16-18,24,33,35,38H,10-15H2,(H2,31,37). The van der Waals surface area contributed by atoms with Crippen LogP contribution in [0.4, 0.5) is 5.69 Å². The molecule has 1 aliphatic heterocycles. The first-order valence-corrected chi connectivity index (χ1v) is 12.7. The van der Waals surface area contributed by atoms with Gasteiger partial charge in [0.15, 0.2) is 11.7 Å². The Morgan fingerprint density at radius 2 is 1.71 bits per heavy atom. The molecule has 1 aliphatic rings. The van der Waals surface area contributed by atoms with E-state index in [2.05, 4.69) is 27.0 Å². The lowest BCUT2D eigenvalue weighted by Crippen LogP contribution is -2.37. The molecule has 1 amide bonds. The number of aliphatic imine (C=N–C) groups is 1. The average molecular weight is 511 g/mol. The quantitative estimate of drug-likeness (QED) is 0.210. The molecule has 0 atom stereocenters. The van der Waals surface area contributed by atoms with E-state index >= 15 is 0 Å². The third-order valence-corrected chi connectivity index (χ3v) is 7.04. The number of likely N-dealkylation sites (tertiary alicyclic amines) is 1. The zero-order valence-corrected chi connectivity index (χ0v) is 20.9. The molecule has 8 heteroatoms. The highest BCUT2D eigenvalue weighted by molar-refractivity contribution is 6.12. The number of rotatable bonds is 8. The largest absolute Gasteiger partial charge is 0.494 e. The van der Waals surface area contributed by atoms with Crippen molar-refractivity contribution in [2.24, 2.45) is 10.7 Å². The number of primary amides is 1. The molecule has 4 aromatic rings. The van der Waals surface area contributed by atoms with Crippen LogP contribution in [0.1, 0.15) is 50.2 Å². The second-order valence-corrected chi connectivity index (χ2v) is 9.67. The Kier molecular flexibility index (Phi) is 7.35. The van der Waals surface area contributed by atoms with Crippen molar-refractivity contribution in [2.45, 2.75) is 25.4 Å². The number of hydrogen-bond acceptors (Lipinski definition) is 6. The lowest BCUT2D eigenvalue weighted by atomic mass is 10.00. The van der Waals surface area contributed by atoms with E-state index in [4.69, 9.17) is 5.73 Å². The maximum atomic E-state index is 13.0. The lowest BCUT2D eigenvalue weighted by molar-refractivity contribution is 0.0832. The third kappa shape index (κ3) is 5.66. The fraction of sp³-hybridized carbons (Fsp3) is 0.233. The van der Waals surface area contributed by atoms with E-state index in [1.807, 2.05) is 12.1 Å². The van der Waals surface area contributed by atoms with E-state index in [9.17, 15) is 19.8 Å². The minimum atomic E-state index is -0.595. The van der Waals surface area contributed by atoms with Gasteiger partial charge in [0.25, 0.3) is 0 Å². The van der Waals surface area contributed by atoms with Gasteiger partial charge in [-0.3, -0.25) is 14.6 Å². The van der Waals surface area contributed by atoms with Gasteiger partial charge >= 0.3 is 0 Å². The number of aliphatic hydroxyl groups excluding tert-OH is 1. The molecule has 0 saturated carbocycles. The monoisotopic (exact) mass is 510 g/mol. The van der Waals surface area contributed by atoms with Crippen molar-refractivity contribution < 1.29 is 19.8 Å². The second kappa shape index (κ2) is 11.0. The van der Waals surface area contributed by atoms with Gasteiger partial charge in [-0.15, -0.1) is 0 Å². The summed E-state index contributed by atoms with van der Waals surface area (Å²) in [5, 5.41) is 20.9. The van der Waals surface area contributed by atoms with Gasteiger partial charge in [-0.1, -0.05) is 36.4 Å². The molecule has 5 N–H and O–H groups in total. The molecule has 194 valence electrons. The number of amides is 1. The number of aromatic nitrogens is 1. The van der Waals surface area contributed by atoms with Crippen molar-refractivity contribution in [2.75, 3.05) is 19.6 Å².